The number of phenolic OH excluding ortho intramolecular Hbond substituents is 3. The van der Waals surface area contributed by atoms with E-state index in [-0.39, 0.29) is 23.2 Å². The average Bonchev–Trinajstić information content (AvgIpc) is 2.77. The number of benzene rings is 2. The lowest BCUT2D eigenvalue weighted by Crippen LogP contribution is -2.27. The molecule has 1 heterocycles. The average molecular weight is 345 g/mol. The quantitative estimate of drug-likeness (QED) is 0.441. The molecule has 1 aliphatic rings. The minimum absolute atomic E-state index is 0.0454. The summed E-state index contributed by atoms with van der Waals surface area (Å²) < 4.78 is 0.356. The van der Waals surface area contributed by atoms with Crippen molar-refractivity contribution in [1.29, 1.82) is 0 Å². The summed E-state index contributed by atoms with van der Waals surface area (Å²) in [4.78, 5) is 14.3. The molecule has 1 aliphatic heterocycles. The number of hydrogen-bond acceptors (Lipinski definition) is 6. The Morgan fingerprint density at radius 3 is 2.52 bits per heavy atom. The van der Waals surface area contributed by atoms with Crippen molar-refractivity contribution < 1.29 is 20.1 Å². The van der Waals surface area contributed by atoms with Gasteiger partial charge >= 0.3 is 0 Å². The van der Waals surface area contributed by atoms with Gasteiger partial charge in [-0.05, 0) is 35.9 Å². The normalized spacial score (nSPS) is 16.3. The molecule has 2 aromatic rings. The monoisotopic (exact) mass is 345 g/mol. The predicted molar refractivity (Wildman–Crippen MR) is 93.5 cm³/mol. The highest BCUT2D eigenvalue weighted by molar-refractivity contribution is 8.27. The molecule has 5 nitrogen and oxygen atoms in total. The van der Waals surface area contributed by atoms with Gasteiger partial charge in [0.1, 0.15) is 5.75 Å². The molecular formula is C16H11NO4S2. The van der Waals surface area contributed by atoms with E-state index in [9.17, 15) is 20.1 Å². The Kier molecular flexibility index (Phi) is 3.97. The maximum absolute atomic E-state index is 12.5. The van der Waals surface area contributed by atoms with Gasteiger partial charge in [-0.3, -0.25) is 9.69 Å². The summed E-state index contributed by atoms with van der Waals surface area (Å²) in [5.41, 5.74) is 1.06. The first-order chi connectivity index (χ1) is 11.0. The van der Waals surface area contributed by atoms with E-state index in [1.807, 2.05) is 0 Å². The Morgan fingerprint density at radius 2 is 1.83 bits per heavy atom. The Labute approximate surface area is 141 Å². The molecule has 7 heteroatoms. The van der Waals surface area contributed by atoms with E-state index in [0.29, 0.717) is 20.5 Å². The molecule has 0 atom stereocenters. The van der Waals surface area contributed by atoms with E-state index in [4.69, 9.17) is 12.2 Å². The first-order valence-corrected chi connectivity index (χ1v) is 7.77. The number of hydrogen-bond donors (Lipinski definition) is 3. The summed E-state index contributed by atoms with van der Waals surface area (Å²) in [6.45, 7) is 0. The van der Waals surface area contributed by atoms with E-state index in [0.717, 1.165) is 11.8 Å². The molecule has 0 radical (unpaired) electrons. The number of phenols is 3. The first kappa shape index (κ1) is 15.4. The van der Waals surface area contributed by atoms with E-state index in [2.05, 4.69) is 0 Å². The summed E-state index contributed by atoms with van der Waals surface area (Å²) in [5, 5.41) is 28.4. The van der Waals surface area contributed by atoms with Crippen molar-refractivity contribution in [3.8, 4) is 17.2 Å². The van der Waals surface area contributed by atoms with Crippen molar-refractivity contribution in [2.45, 2.75) is 0 Å². The van der Waals surface area contributed by atoms with Gasteiger partial charge in [-0.1, -0.05) is 36.1 Å². The van der Waals surface area contributed by atoms with Crippen LogP contribution in [0.1, 0.15) is 5.56 Å². The lowest BCUT2D eigenvalue weighted by molar-refractivity contribution is -0.113. The molecule has 0 aromatic heterocycles. The van der Waals surface area contributed by atoms with Gasteiger partial charge in [0.25, 0.3) is 5.91 Å². The van der Waals surface area contributed by atoms with Crippen LogP contribution in [0, 0.1) is 0 Å². The number of aromatic hydroxyl groups is 3. The molecule has 0 aliphatic carbocycles. The fourth-order valence-corrected chi connectivity index (χ4v) is 3.40. The van der Waals surface area contributed by atoms with E-state index in [1.54, 1.807) is 24.3 Å². The second-order valence-electron chi connectivity index (χ2n) is 4.79. The zero-order chi connectivity index (χ0) is 16.6. The van der Waals surface area contributed by atoms with E-state index >= 15 is 0 Å². The van der Waals surface area contributed by atoms with Crippen LogP contribution in [0.15, 0.2) is 47.4 Å². The second-order valence-corrected chi connectivity index (χ2v) is 6.46. The molecule has 23 heavy (non-hydrogen) atoms. The van der Waals surface area contributed by atoms with Gasteiger partial charge in [0.2, 0.25) is 0 Å². The molecule has 1 amide bonds. The number of rotatable bonds is 2. The fraction of sp³-hybridized carbons (Fsp3) is 0. The zero-order valence-corrected chi connectivity index (χ0v) is 13.3. The third kappa shape index (κ3) is 3.01. The van der Waals surface area contributed by atoms with Gasteiger partial charge < -0.3 is 15.3 Å². The van der Waals surface area contributed by atoms with Crippen molar-refractivity contribution in [2.24, 2.45) is 0 Å². The van der Waals surface area contributed by atoms with Crippen LogP contribution in [0.3, 0.4) is 0 Å². The topological polar surface area (TPSA) is 81.0 Å². The minimum atomic E-state index is -0.307. The van der Waals surface area contributed by atoms with Crippen LogP contribution in [-0.2, 0) is 4.79 Å². The number of carbonyl (C=O) groups excluding carboxylic acids is 1. The van der Waals surface area contributed by atoms with Gasteiger partial charge in [0.05, 0.1) is 10.6 Å². The van der Waals surface area contributed by atoms with Crippen molar-refractivity contribution in [2.75, 3.05) is 4.90 Å². The van der Waals surface area contributed by atoms with Crippen molar-refractivity contribution >= 4 is 46.0 Å². The largest absolute Gasteiger partial charge is 0.508 e. The molecule has 3 rings (SSSR count). The summed E-state index contributed by atoms with van der Waals surface area (Å²) >= 11 is 6.37. The Morgan fingerprint density at radius 1 is 1.04 bits per heavy atom. The number of amides is 1. The van der Waals surface area contributed by atoms with Crippen LogP contribution in [0.5, 0.6) is 17.2 Å². The standard InChI is InChI=1S/C16H11NO4S2/c18-11-3-1-2-10(8-11)17-15(21)14(23-16(17)22)7-9-4-5-12(19)13(20)6-9/h1-8,18-20H/b14-7+. The molecule has 1 saturated heterocycles. The van der Waals surface area contributed by atoms with Crippen LogP contribution in [0.25, 0.3) is 6.08 Å². The Balaban J connectivity index is 1.94. The molecule has 1 fully saturated rings. The third-order valence-electron chi connectivity index (χ3n) is 3.18. The van der Waals surface area contributed by atoms with Crippen molar-refractivity contribution in [1.82, 2.24) is 0 Å². The molecule has 0 saturated carbocycles. The van der Waals surface area contributed by atoms with Gasteiger partial charge in [-0.25, -0.2) is 0 Å². The Bertz CT molecular complexity index is 848. The lowest BCUT2D eigenvalue weighted by Gasteiger charge is -2.14. The number of nitrogens with zero attached hydrogens (tertiary/aromatic N) is 1. The molecule has 0 unspecified atom stereocenters. The van der Waals surface area contributed by atoms with E-state index < -0.39 is 0 Å². The van der Waals surface area contributed by atoms with Gasteiger partial charge in [0, 0.05) is 6.07 Å². The molecule has 3 N–H and O–H groups in total. The molecule has 116 valence electrons. The van der Waals surface area contributed by atoms with Gasteiger partial charge in [-0.2, -0.15) is 0 Å². The second kappa shape index (κ2) is 5.94. The summed E-state index contributed by atoms with van der Waals surface area (Å²) in [6.07, 6.45) is 1.58. The van der Waals surface area contributed by atoms with Gasteiger partial charge in [-0.15, -0.1) is 0 Å². The maximum Gasteiger partial charge on any atom is 0.270 e. The summed E-state index contributed by atoms with van der Waals surface area (Å²) in [7, 11) is 0. The van der Waals surface area contributed by atoms with Crippen LogP contribution in [-0.4, -0.2) is 25.5 Å². The highest BCUT2D eigenvalue weighted by Crippen LogP contribution is 2.37. The summed E-state index contributed by atoms with van der Waals surface area (Å²) in [6, 6.07) is 10.6. The molecule has 0 bridgehead atoms. The zero-order valence-electron chi connectivity index (χ0n) is 11.6. The molecule has 0 spiro atoms. The summed E-state index contributed by atoms with van der Waals surface area (Å²) in [5.74, 6) is -0.751. The van der Waals surface area contributed by atoms with Crippen molar-refractivity contribution in [3.63, 3.8) is 0 Å². The van der Waals surface area contributed by atoms with Crippen LogP contribution < -0.4 is 4.90 Å². The van der Waals surface area contributed by atoms with Crippen LogP contribution in [0.4, 0.5) is 5.69 Å². The smallest absolute Gasteiger partial charge is 0.270 e. The minimum Gasteiger partial charge on any atom is -0.508 e. The van der Waals surface area contributed by atoms with Gasteiger partial charge in [0.15, 0.2) is 15.8 Å². The fourth-order valence-electron chi connectivity index (χ4n) is 2.10. The molecule has 2 aromatic carbocycles. The predicted octanol–water partition coefficient (Wildman–Crippen LogP) is 3.21. The third-order valence-corrected chi connectivity index (χ3v) is 4.48. The number of thioether (sulfide) groups is 1. The molecular weight excluding hydrogens is 334 g/mol. The van der Waals surface area contributed by atoms with E-state index in [1.165, 1.54) is 29.2 Å². The number of carbonyl (C=O) groups is 1. The number of thiocarbonyl (C=S) groups is 1. The lowest BCUT2D eigenvalue weighted by atomic mass is 10.2. The Hall–Kier alpha value is -2.51. The van der Waals surface area contributed by atoms with Crippen LogP contribution in [0.2, 0.25) is 0 Å². The maximum atomic E-state index is 12.5. The number of anilines is 1. The first-order valence-electron chi connectivity index (χ1n) is 6.54. The SMILES string of the molecule is O=C1/C(=C\c2ccc(O)c(O)c2)SC(=S)N1c1cccc(O)c1. The van der Waals surface area contributed by atoms with Crippen molar-refractivity contribution in [3.05, 3.63) is 52.9 Å². The van der Waals surface area contributed by atoms with Crippen LogP contribution >= 0.6 is 24.0 Å². The highest BCUT2D eigenvalue weighted by Gasteiger charge is 2.33. The highest BCUT2D eigenvalue weighted by atomic mass is 32.2.